The zero-order valence-corrected chi connectivity index (χ0v) is 15.8. The molecule has 0 fully saturated rings. The normalized spacial score (nSPS) is 15.0. The van der Waals surface area contributed by atoms with E-state index in [1.165, 1.54) is 4.88 Å². The average Bonchev–Trinajstić information content (AvgIpc) is 3.10. The van der Waals surface area contributed by atoms with Crippen LogP contribution in [-0.2, 0) is 4.79 Å². The van der Waals surface area contributed by atoms with Crippen LogP contribution in [0.15, 0.2) is 47.8 Å². The molecule has 1 heterocycles. The van der Waals surface area contributed by atoms with Gasteiger partial charge in [0.05, 0.1) is 12.0 Å². The Bertz CT molecular complexity index is 610. The average molecular weight is 345 g/mol. The van der Waals surface area contributed by atoms with Gasteiger partial charge in [-0.1, -0.05) is 56.7 Å². The molecule has 2 rings (SSSR count). The van der Waals surface area contributed by atoms with Crippen LogP contribution in [0, 0.1) is 5.92 Å². The second-order valence-corrected chi connectivity index (χ2v) is 7.49. The molecule has 130 valence electrons. The van der Waals surface area contributed by atoms with Crippen LogP contribution in [0.2, 0.25) is 0 Å². The number of nitrogens with zero attached hydrogens (tertiary/aromatic N) is 1. The van der Waals surface area contributed by atoms with Gasteiger partial charge in [-0.15, -0.1) is 11.3 Å². The van der Waals surface area contributed by atoms with Gasteiger partial charge in [-0.2, -0.15) is 0 Å². The van der Waals surface area contributed by atoms with E-state index in [0.29, 0.717) is 12.5 Å². The third-order valence-corrected chi connectivity index (χ3v) is 5.59. The van der Waals surface area contributed by atoms with Gasteiger partial charge in [-0.05, 0) is 37.0 Å². The third-order valence-electron chi connectivity index (χ3n) is 4.62. The SMILES string of the molecule is CCC(C)C(C(=O)NCC(c1cccs1)N(C)C)c1ccccc1. The monoisotopic (exact) mass is 344 g/mol. The highest BCUT2D eigenvalue weighted by Gasteiger charge is 2.26. The summed E-state index contributed by atoms with van der Waals surface area (Å²) in [6, 6.07) is 14.5. The van der Waals surface area contributed by atoms with Crippen LogP contribution < -0.4 is 5.32 Å². The molecule has 1 aromatic carbocycles. The lowest BCUT2D eigenvalue weighted by molar-refractivity contribution is -0.123. The summed E-state index contributed by atoms with van der Waals surface area (Å²) in [4.78, 5) is 16.4. The first-order chi connectivity index (χ1) is 11.5. The van der Waals surface area contributed by atoms with Crippen molar-refractivity contribution in [2.24, 2.45) is 5.92 Å². The zero-order chi connectivity index (χ0) is 17.5. The van der Waals surface area contributed by atoms with E-state index in [9.17, 15) is 4.79 Å². The molecule has 0 aliphatic heterocycles. The minimum absolute atomic E-state index is 0.0950. The molecule has 0 bridgehead atoms. The van der Waals surface area contributed by atoms with Gasteiger partial charge in [0, 0.05) is 11.4 Å². The lowest BCUT2D eigenvalue weighted by atomic mass is 9.85. The molecule has 0 aliphatic carbocycles. The van der Waals surface area contributed by atoms with Gasteiger partial charge >= 0.3 is 0 Å². The highest BCUT2D eigenvalue weighted by molar-refractivity contribution is 7.10. The topological polar surface area (TPSA) is 32.3 Å². The Morgan fingerprint density at radius 1 is 1.17 bits per heavy atom. The summed E-state index contributed by atoms with van der Waals surface area (Å²) in [7, 11) is 4.11. The Kier molecular flexibility index (Phi) is 7.00. The van der Waals surface area contributed by atoms with Gasteiger partial charge in [0.2, 0.25) is 5.91 Å². The summed E-state index contributed by atoms with van der Waals surface area (Å²) >= 11 is 1.73. The number of hydrogen-bond acceptors (Lipinski definition) is 3. The number of carbonyl (C=O) groups is 1. The Labute approximate surface area is 149 Å². The summed E-state index contributed by atoms with van der Waals surface area (Å²) in [6.45, 7) is 4.92. The van der Waals surface area contributed by atoms with Crippen LogP contribution in [0.4, 0.5) is 0 Å². The van der Waals surface area contributed by atoms with Gasteiger partial charge in [0.15, 0.2) is 0 Å². The van der Waals surface area contributed by atoms with Crippen molar-refractivity contribution < 1.29 is 4.79 Å². The van der Waals surface area contributed by atoms with E-state index < -0.39 is 0 Å². The number of nitrogens with one attached hydrogen (secondary N) is 1. The van der Waals surface area contributed by atoms with Gasteiger partial charge in [-0.3, -0.25) is 4.79 Å². The highest BCUT2D eigenvalue weighted by atomic mass is 32.1. The lowest BCUT2D eigenvalue weighted by Gasteiger charge is -2.27. The minimum atomic E-state index is -0.0950. The fourth-order valence-corrected chi connectivity index (χ4v) is 3.88. The number of thiophene rings is 1. The molecule has 0 spiro atoms. The van der Waals surface area contributed by atoms with Crippen molar-refractivity contribution in [2.75, 3.05) is 20.6 Å². The number of benzene rings is 1. The van der Waals surface area contributed by atoms with Crippen LogP contribution in [0.5, 0.6) is 0 Å². The van der Waals surface area contributed by atoms with Gasteiger partial charge in [0.25, 0.3) is 0 Å². The van der Waals surface area contributed by atoms with E-state index in [1.54, 1.807) is 11.3 Å². The predicted octanol–water partition coefficient (Wildman–Crippen LogP) is 4.30. The number of carbonyl (C=O) groups excluding carboxylic acids is 1. The molecule has 0 saturated heterocycles. The first kappa shape index (κ1) is 18.7. The van der Waals surface area contributed by atoms with Crippen molar-refractivity contribution in [3.05, 3.63) is 58.3 Å². The second-order valence-electron chi connectivity index (χ2n) is 6.51. The largest absolute Gasteiger partial charge is 0.354 e. The Hall–Kier alpha value is -1.65. The van der Waals surface area contributed by atoms with Crippen molar-refractivity contribution >= 4 is 17.2 Å². The van der Waals surface area contributed by atoms with Crippen molar-refractivity contribution in [1.82, 2.24) is 10.2 Å². The molecule has 2 aromatic rings. The highest BCUT2D eigenvalue weighted by Crippen LogP contribution is 2.28. The predicted molar refractivity (Wildman–Crippen MR) is 102 cm³/mol. The summed E-state index contributed by atoms with van der Waals surface area (Å²) in [6.07, 6.45) is 0.981. The van der Waals surface area contributed by atoms with Gasteiger partial charge in [-0.25, -0.2) is 0 Å². The molecule has 1 N–H and O–H groups in total. The first-order valence-electron chi connectivity index (χ1n) is 8.57. The molecular formula is C20H28N2OS. The first-order valence-corrected chi connectivity index (χ1v) is 9.45. The second kappa shape index (κ2) is 9.00. The summed E-state index contributed by atoms with van der Waals surface area (Å²) in [5, 5.41) is 5.28. The lowest BCUT2D eigenvalue weighted by Crippen LogP contribution is -2.38. The van der Waals surface area contributed by atoms with Crippen molar-refractivity contribution in [3.63, 3.8) is 0 Å². The minimum Gasteiger partial charge on any atom is -0.354 e. The molecule has 0 aliphatic rings. The molecular weight excluding hydrogens is 316 g/mol. The van der Waals surface area contributed by atoms with Crippen LogP contribution in [0.3, 0.4) is 0 Å². The maximum absolute atomic E-state index is 12.9. The zero-order valence-electron chi connectivity index (χ0n) is 15.0. The Morgan fingerprint density at radius 2 is 1.88 bits per heavy atom. The van der Waals surface area contributed by atoms with E-state index in [4.69, 9.17) is 0 Å². The quantitative estimate of drug-likeness (QED) is 0.774. The summed E-state index contributed by atoms with van der Waals surface area (Å²) < 4.78 is 0. The maximum atomic E-state index is 12.9. The van der Waals surface area contributed by atoms with Crippen molar-refractivity contribution in [2.45, 2.75) is 32.2 Å². The van der Waals surface area contributed by atoms with Crippen LogP contribution in [0.25, 0.3) is 0 Å². The van der Waals surface area contributed by atoms with Crippen LogP contribution in [0.1, 0.15) is 42.7 Å². The number of amides is 1. The maximum Gasteiger partial charge on any atom is 0.227 e. The van der Waals surface area contributed by atoms with Crippen molar-refractivity contribution in [3.8, 4) is 0 Å². The van der Waals surface area contributed by atoms with E-state index in [-0.39, 0.29) is 17.9 Å². The van der Waals surface area contributed by atoms with Crippen molar-refractivity contribution in [1.29, 1.82) is 0 Å². The number of rotatable bonds is 8. The molecule has 0 radical (unpaired) electrons. The molecule has 24 heavy (non-hydrogen) atoms. The molecule has 0 saturated carbocycles. The standard InChI is InChI=1S/C20H28N2OS/c1-5-15(2)19(16-10-7-6-8-11-16)20(23)21-14-17(22(3)4)18-12-9-13-24-18/h6-13,15,17,19H,5,14H2,1-4H3,(H,21,23). The molecule has 3 unspecified atom stereocenters. The molecule has 4 heteroatoms. The third kappa shape index (κ3) is 4.68. The van der Waals surface area contributed by atoms with E-state index >= 15 is 0 Å². The smallest absolute Gasteiger partial charge is 0.227 e. The number of hydrogen-bond donors (Lipinski definition) is 1. The van der Waals surface area contributed by atoms with Gasteiger partial charge < -0.3 is 10.2 Å². The summed E-state index contributed by atoms with van der Waals surface area (Å²) in [5.41, 5.74) is 1.10. The molecule has 1 amide bonds. The summed E-state index contributed by atoms with van der Waals surface area (Å²) in [5.74, 6) is 0.341. The van der Waals surface area contributed by atoms with Crippen LogP contribution >= 0.6 is 11.3 Å². The Balaban J connectivity index is 2.10. The van der Waals surface area contributed by atoms with E-state index in [0.717, 1.165) is 12.0 Å². The fourth-order valence-electron chi connectivity index (χ4n) is 2.96. The molecule has 3 nitrogen and oxygen atoms in total. The fraction of sp³-hybridized carbons (Fsp3) is 0.450. The molecule has 3 atom stereocenters. The molecule has 1 aromatic heterocycles. The van der Waals surface area contributed by atoms with Gasteiger partial charge in [0.1, 0.15) is 0 Å². The van der Waals surface area contributed by atoms with E-state index in [1.807, 2.05) is 18.2 Å². The van der Waals surface area contributed by atoms with E-state index in [2.05, 4.69) is 67.8 Å². The number of likely N-dealkylation sites (N-methyl/N-ethyl adjacent to an activating group) is 1. The Morgan fingerprint density at radius 3 is 2.42 bits per heavy atom. The van der Waals surface area contributed by atoms with Crippen LogP contribution in [-0.4, -0.2) is 31.4 Å².